The number of rotatable bonds is 3. The van der Waals surface area contributed by atoms with Gasteiger partial charge in [-0.2, -0.15) is 0 Å². The first-order chi connectivity index (χ1) is 8.53. The Balaban J connectivity index is 1.90. The molecule has 1 fully saturated rings. The molecule has 1 atom stereocenters. The zero-order valence-corrected chi connectivity index (χ0v) is 11.0. The summed E-state index contributed by atoms with van der Waals surface area (Å²) in [6.07, 6.45) is 1.78. The van der Waals surface area contributed by atoms with Gasteiger partial charge in [0.15, 0.2) is 0 Å². The smallest absolute Gasteiger partial charge is 0.406 e. The number of alkyl halides is 3. The Morgan fingerprint density at radius 2 is 1.61 bits per heavy atom. The first kappa shape index (κ1) is 13.7. The molecule has 1 nitrogen and oxygen atoms in total. The minimum Gasteiger partial charge on any atom is -0.406 e. The molecule has 0 bridgehead atoms. The monoisotopic (exact) mass is 276 g/mol. The van der Waals surface area contributed by atoms with Gasteiger partial charge in [-0.15, -0.1) is 13.2 Å². The largest absolute Gasteiger partial charge is 0.573 e. The van der Waals surface area contributed by atoms with E-state index in [4.69, 9.17) is 0 Å². The van der Waals surface area contributed by atoms with Crippen molar-refractivity contribution in [2.75, 3.05) is 0 Å². The van der Waals surface area contributed by atoms with Crippen LogP contribution in [-0.4, -0.2) is 12.0 Å². The van der Waals surface area contributed by atoms with E-state index in [2.05, 4.69) is 4.74 Å². The second-order valence-electron chi connectivity index (χ2n) is 4.55. The predicted molar refractivity (Wildman–Crippen MR) is 67.9 cm³/mol. The van der Waals surface area contributed by atoms with Crippen LogP contribution in [0.15, 0.2) is 24.3 Å². The van der Waals surface area contributed by atoms with Gasteiger partial charge in [-0.25, -0.2) is 0 Å². The van der Waals surface area contributed by atoms with E-state index in [1.165, 1.54) is 44.2 Å². The predicted octanol–water partition coefficient (Wildman–Crippen LogP) is 4.22. The van der Waals surface area contributed by atoms with Crippen molar-refractivity contribution >= 4 is 13.9 Å². The Hall–Kier alpha value is -0.760. The minimum atomic E-state index is -4.60. The molecule has 0 saturated heterocycles. The Kier molecular flexibility index (Phi) is 4.50. The maximum absolute atomic E-state index is 12.0. The molecule has 5 heteroatoms. The molecule has 0 aromatic heterocycles. The van der Waals surface area contributed by atoms with Crippen molar-refractivity contribution < 1.29 is 17.9 Å². The van der Waals surface area contributed by atoms with Crippen molar-refractivity contribution in [3.63, 3.8) is 0 Å². The Morgan fingerprint density at radius 3 is 2.17 bits per heavy atom. The third kappa shape index (κ3) is 4.49. The molecule has 0 aliphatic heterocycles. The number of hydrogen-bond acceptors (Lipinski definition) is 1. The normalized spacial score (nSPS) is 18.4. The molecule has 0 N–H and O–H groups in total. The van der Waals surface area contributed by atoms with Crippen molar-refractivity contribution in [1.29, 1.82) is 0 Å². The molecule has 18 heavy (non-hydrogen) atoms. The molecule has 0 heterocycles. The highest BCUT2D eigenvalue weighted by Crippen LogP contribution is 2.32. The van der Waals surface area contributed by atoms with Gasteiger partial charge in [-0.3, -0.25) is 0 Å². The molecule has 1 saturated carbocycles. The lowest BCUT2D eigenvalue weighted by atomic mass is 10.0. The summed E-state index contributed by atoms with van der Waals surface area (Å²) in [5.74, 6) is -0.139. The molecule has 1 aromatic carbocycles. The van der Waals surface area contributed by atoms with E-state index in [0.29, 0.717) is 14.2 Å². The van der Waals surface area contributed by atoms with Gasteiger partial charge in [0.05, 0.1) is 0 Å². The highest BCUT2D eigenvalue weighted by atomic mass is 31.1. The topological polar surface area (TPSA) is 9.23 Å². The van der Waals surface area contributed by atoms with Crippen LogP contribution < -0.4 is 10.0 Å². The fourth-order valence-electron chi connectivity index (χ4n) is 2.24. The molecule has 1 aliphatic rings. The molecular weight excluding hydrogens is 260 g/mol. The SMILES string of the molecule is FC(F)(F)Oc1ccc(PC2CCCCC2)cc1. The average Bonchev–Trinajstić information content (AvgIpc) is 2.31. The van der Waals surface area contributed by atoms with E-state index in [1.54, 1.807) is 12.1 Å². The van der Waals surface area contributed by atoms with Crippen LogP contribution in [-0.2, 0) is 0 Å². The second kappa shape index (κ2) is 5.92. The molecule has 0 amide bonds. The quantitative estimate of drug-likeness (QED) is 0.751. The molecular formula is C13H16F3OP. The van der Waals surface area contributed by atoms with Gasteiger partial charge in [-0.05, 0) is 35.9 Å². The number of hydrogen-bond donors (Lipinski definition) is 0. The van der Waals surface area contributed by atoms with Gasteiger partial charge in [-0.1, -0.05) is 40.0 Å². The summed E-state index contributed by atoms with van der Waals surface area (Å²) in [6.45, 7) is 0. The number of halogens is 3. The van der Waals surface area contributed by atoms with Crippen molar-refractivity contribution in [2.24, 2.45) is 0 Å². The summed E-state index contributed by atoms with van der Waals surface area (Å²) in [7, 11) is 0.701. The summed E-state index contributed by atoms with van der Waals surface area (Å²) in [4.78, 5) is 0. The Morgan fingerprint density at radius 1 is 1.00 bits per heavy atom. The van der Waals surface area contributed by atoms with Crippen LogP contribution in [0.2, 0.25) is 0 Å². The summed E-state index contributed by atoms with van der Waals surface area (Å²) >= 11 is 0. The van der Waals surface area contributed by atoms with Crippen LogP contribution >= 0.6 is 8.58 Å². The highest BCUT2D eigenvalue weighted by Gasteiger charge is 2.30. The maximum atomic E-state index is 12.0. The summed E-state index contributed by atoms with van der Waals surface area (Å²) in [6, 6.07) is 6.29. The highest BCUT2D eigenvalue weighted by molar-refractivity contribution is 7.48. The van der Waals surface area contributed by atoms with Crippen LogP contribution in [0.25, 0.3) is 0 Å². The number of ether oxygens (including phenoxy) is 1. The van der Waals surface area contributed by atoms with Crippen LogP contribution in [0.1, 0.15) is 32.1 Å². The van der Waals surface area contributed by atoms with Crippen molar-refractivity contribution in [3.8, 4) is 5.75 Å². The fraction of sp³-hybridized carbons (Fsp3) is 0.538. The molecule has 0 spiro atoms. The van der Waals surface area contributed by atoms with E-state index in [9.17, 15) is 13.2 Å². The van der Waals surface area contributed by atoms with Gasteiger partial charge in [0.1, 0.15) is 5.75 Å². The van der Waals surface area contributed by atoms with Gasteiger partial charge in [0.2, 0.25) is 0 Å². The molecule has 1 aromatic rings. The van der Waals surface area contributed by atoms with Crippen LogP contribution in [0.4, 0.5) is 13.2 Å². The van der Waals surface area contributed by atoms with Crippen LogP contribution in [0.5, 0.6) is 5.75 Å². The van der Waals surface area contributed by atoms with Crippen molar-refractivity contribution in [3.05, 3.63) is 24.3 Å². The van der Waals surface area contributed by atoms with Gasteiger partial charge < -0.3 is 4.74 Å². The van der Waals surface area contributed by atoms with E-state index < -0.39 is 6.36 Å². The molecule has 2 rings (SSSR count). The Bertz CT molecular complexity index is 369. The van der Waals surface area contributed by atoms with Gasteiger partial charge in [0.25, 0.3) is 0 Å². The van der Waals surface area contributed by atoms with E-state index in [-0.39, 0.29) is 5.75 Å². The van der Waals surface area contributed by atoms with Crippen molar-refractivity contribution in [2.45, 2.75) is 44.1 Å². The fourth-order valence-corrected chi connectivity index (χ4v) is 3.76. The first-order valence-electron chi connectivity index (χ1n) is 6.15. The Labute approximate surface area is 107 Å². The van der Waals surface area contributed by atoms with E-state index in [0.717, 1.165) is 5.30 Å². The molecule has 100 valence electrons. The zero-order valence-electron chi connectivity index (χ0n) is 9.96. The van der Waals surface area contributed by atoms with Gasteiger partial charge in [0, 0.05) is 0 Å². The third-order valence-corrected chi connectivity index (χ3v) is 4.72. The van der Waals surface area contributed by atoms with Crippen molar-refractivity contribution in [1.82, 2.24) is 0 Å². The lowest BCUT2D eigenvalue weighted by Gasteiger charge is -2.21. The molecule has 1 unspecified atom stereocenters. The van der Waals surface area contributed by atoms with Crippen LogP contribution in [0.3, 0.4) is 0 Å². The van der Waals surface area contributed by atoms with Crippen LogP contribution in [0, 0.1) is 0 Å². The van der Waals surface area contributed by atoms with Gasteiger partial charge >= 0.3 is 6.36 Å². The molecule has 0 radical (unpaired) electrons. The van der Waals surface area contributed by atoms with E-state index >= 15 is 0 Å². The first-order valence-corrected chi connectivity index (χ1v) is 7.23. The summed E-state index contributed by atoms with van der Waals surface area (Å²) in [5, 5.41) is 1.12. The lowest BCUT2D eigenvalue weighted by Crippen LogP contribution is -2.17. The summed E-state index contributed by atoms with van der Waals surface area (Å²) in [5.41, 5.74) is 0.716. The lowest BCUT2D eigenvalue weighted by molar-refractivity contribution is -0.274. The minimum absolute atomic E-state index is 0.139. The maximum Gasteiger partial charge on any atom is 0.573 e. The third-order valence-electron chi connectivity index (χ3n) is 3.06. The zero-order chi connectivity index (χ0) is 13.0. The summed E-state index contributed by atoms with van der Waals surface area (Å²) < 4.78 is 39.8. The standard InChI is InChI=1S/C13H16F3OP/c14-13(15,16)17-10-6-8-12(9-7-10)18-11-4-2-1-3-5-11/h6-9,11,18H,1-5H2. The second-order valence-corrected chi connectivity index (χ2v) is 6.23. The van der Waals surface area contributed by atoms with E-state index in [1.807, 2.05) is 0 Å². The number of benzene rings is 1. The molecule has 1 aliphatic carbocycles. The average molecular weight is 276 g/mol.